The second-order valence-corrected chi connectivity index (χ2v) is 15.9. The molecule has 0 atom stereocenters. The van der Waals surface area contributed by atoms with Crippen molar-refractivity contribution in [1.82, 2.24) is 0 Å². The number of rotatable bonds is 21. The lowest BCUT2D eigenvalue weighted by Crippen LogP contribution is -2.39. The molecule has 0 aliphatic carbocycles. The smallest absolute Gasteiger partial charge is 0.264 e. The van der Waals surface area contributed by atoms with E-state index in [9.17, 15) is 26.4 Å². The number of thioether (sulfide) groups is 1. The van der Waals surface area contributed by atoms with Crippen molar-refractivity contribution in [3.05, 3.63) is 84.9 Å². The lowest BCUT2D eigenvalue weighted by Gasteiger charge is -2.28. The summed E-state index contributed by atoms with van der Waals surface area (Å²) >= 11 is 5.96. The first-order chi connectivity index (χ1) is 24.9. The molecule has 4 rings (SSSR count). The third-order valence-corrected chi connectivity index (χ3v) is 12.0. The average molecular weight is 788 g/mol. The lowest BCUT2D eigenvalue weighted by atomic mass is 10.1. The number of isothiocyanates is 1. The van der Waals surface area contributed by atoms with Crippen LogP contribution in [0.5, 0.6) is 5.75 Å². The number of methoxy groups -OCH3 is 1. The van der Waals surface area contributed by atoms with E-state index in [1.807, 2.05) is 0 Å². The highest BCUT2D eigenvalue weighted by atomic mass is 32.2. The van der Waals surface area contributed by atoms with Gasteiger partial charge in [-0.1, -0.05) is 24.3 Å². The summed E-state index contributed by atoms with van der Waals surface area (Å²) in [7, 11) is -7.31. The molecule has 0 aliphatic heterocycles. The molecule has 4 aromatic carbocycles. The first-order valence-electron chi connectivity index (χ1n) is 15.6. The minimum Gasteiger partial charge on any atom is -0.497 e. The van der Waals surface area contributed by atoms with Crippen LogP contribution < -0.4 is 24.8 Å². The Balaban J connectivity index is 1.61. The summed E-state index contributed by atoms with van der Waals surface area (Å²) in [5.41, 5.74) is 11.2. The van der Waals surface area contributed by atoms with E-state index in [0.717, 1.165) is 13.5 Å². The van der Waals surface area contributed by atoms with Crippen LogP contribution in [0.25, 0.3) is 10.8 Å². The van der Waals surface area contributed by atoms with Gasteiger partial charge in [0, 0.05) is 21.4 Å². The predicted molar refractivity (Wildman–Crippen MR) is 203 cm³/mol. The number of anilines is 2. The highest BCUT2D eigenvalue weighted by Gasteiger charge is 2.32. The molecule has 0 aromatic heterocycles. The van der Waals surface area contributed by atoms with E-state index in [-0.39, 0.29) is 31.9 Å². The minimum absolute atomic E-state index is 0.0556. The fraction of sp³-hybridized carbons (Fsp3) is 0.265. The number of primary amides is 2. The lowest BCUT2D eigenvalue weighted by molar-refractivity contribution is -0.117. The number of benzene rings is 4. The third-order valence-electron chi connectivity index (χ3n) is 7.35. The third kappa shape index (κ3) is 10.3. The Morgan fingerprint density at radius 2 is 1.21 bits per heavy atom. The van der Waals surface area contributed by atoms with Gasteiger partial charge in [0.15, 0.2) is 0 Å². The molecule has 0 spiro atoms. The maximum Gasteiger partial charge on any atom is 0.264 e. The van der Waals surface area contributed by atoms with E-state index in [0.29, 0.717) is 44.5 Å². The van der Waals surface area contributed by atoms with Gasteiger partial charge in [0.05, 0.1) is 66.4 Å². The Hall–Kier alpha value is -4.55. The number of sulfonamides is 2. The van der Waals surface area contributed by atoms with Crippen molar-refractivity contribution < 1.29 is 40.6 Å². The van der Waals surface area contributed by atoms with Crippen LogP contribution >= 0.6 is 24.0 Å². The molecule has 0 aliphatic rings. The average Bonchev–Trinajstić information content (AvgIpc) is 3.13. The van der Waals surface area contributed by atoms with E-state index < -0.39 is 45.0 Å². The van der Waals surface area contributed by atoms with Gasteiger partial charge in [-0.3, -0.25) is 18.2 Å². The maximum atomic E-state index is 14.1. The van der Waals surface area contributed by atoms with E-state index in [1.165, 1.54) is 67.4 Å². The Bertz CT molecular complexity index is 2130. The Labute approximate surface area is 311 Å². The minimum atomic E-state index is -4.38. The molecule has 0 bridgehead atoms. The first-order valence-corrected chi connectivity index (χ1v) is 19.9. The van der Waals surface area contributed by atoms with Crippen molar-refractivity contribution >= 4 is 83.1 Å². The van der Waals surface area contributed by atoms with Crippen molar-refractivity contribution in [1.29, 1.82) is 0 Å². The van der Waals surface area contributed by atoms with Crippen LogP contribution in [0.2, 0.25) is 0 Å². The number of hydrogen-bond donors (Lipinski definition) is 2. The summed E-state index contributed by atoms with van der Waals surface area (Å²) in [5, 5.41) is 2.80. The van der Waals surface area contributed by atoms with Crippen LogP contribution in [0.15, 0.2) is 105 Å². The van der Waals surface area contributed by atoms with Crippen LogP contribution in [0.1, 0.15) is 0 Å². The quantitative estimate of drug-likeness (QED) is 0.0543. The van der Waals surface area contributed by atoms with Crippen LogP contribution in [0.4, 0.5) is 11.4 Å². The van der Waals surface area contributed by atoms with Crippen molar-refractivity contribution in [2.45, 2.75) is 14.7 Å². The molecule has 2 amide bonds. The normalized spacial score (nSPS) is 11.5. The van der Waals surface area contributed by atoms with Crippen LogP contribution in [0, 0.1) is 0 Å². The monoisotopic (exact) mass is 787 g/mol. The predicted octanol–water partition coefficient (Wildman–Crippen LogP) is 3.44. The molecule has 0 heterocycles. The second-order valence-electron chi connectivity index (χ2n) is 10.8. The van der Waals surface area contributed by atoms with E-state index in [2.05, 4.69) is 22.4 Å². The molecule has 276 valence electrons. The zero-order valence-corrected chi connectivity index (χ0v) is 31.3. The number of nitrogens with two attached hydrogens (primary N) is 2. The highest BCUT2D eigenvalue weighted by molar-refractivity contribution is 7.99. The van der Waals surface area contributed by atoms with Gasteiger partial charge in [0.25, 0.3) is 20.0 Å². The number of carbonyl (C=O) groups is 2. The fourth-order valence-corrected chi connectivity index (χ4v) is 8.75. The van der Waals surface area contributed by atoms with Gasteiger partial charge in [0.2, 0.25) is 11.8 Å². The second kappa shape index (κ2) is 18.8. The molecule has 52 heavy (non-hydrogen) atoms. The largest absolute Gasteiger partial charge is 0.497 e. The van der Waals surface area contributed by atoms with Crippen molar-refractivity contribution in [2.24, 2.45) is 16.5 Å². The first kappa shape index (κ1) is 40.2. The number of thiocarbonyl (C=S) groups is 1. The molecular weight excluding hydrogens is 751 g/mol. The Morgan fingerprint density at radius 1 is 0.731 bits per heavy atom. The van der Waals surface area contributed by atoms with Crippen LogP contribution in [-0.4, -0.2) is 92.7 Å². The van der Waals surface area contributed by atoms with Gasteiger partial charge in [-0.2, -0.15) is 0 Å². The number of aliphatic imine (C=N–C) groups is 1. The number of hydrogen-bond acceptors (Lipinski definition) is 12. The SMILES string of the molecule is COc1ccc(S(=O)(=O)N(CC(N)=O)c2ccc(N(CC(N)=O)S(=O)(=O)c3ccc(SCCOCCOCCN=C=S)cc3)c3ccccc23)cc1. The molecule has 0 radical (unpaired) electrons. The Morgan fingerprint density at radius 3 is 1.67 bits per heavy atom. The summed E-state index contributed by atoms with van der Waals surface area (Å²) in [6.07, 6.45) is 0. The van der Waals surface area contributed by atoms with Gasteiger partial charge in [-0.15, -0.1) is 11.8 Å². The van der Waals surface area contributed by atoms with Crippen molar-refractivity contribution in [3.8, 4) is 5.75 Å². The maximum absolute atomic E-state index is 14.1. The fourth-order valence-electron chi connectivity index (χ4n) is 4.99. The van der Waals surface area contributed by atoms with Gasteiger partial charge < -0.3 is 25.7 Å². The molecule has 0 saturated carbocycles. The molecule has 14 nitrogen and oxygen atoms in total. The standard InChI is InChI=1S/C34H37N5O9S4/c1-46-25-6-10-27(11-7-25)51(42,43)38(22-33(35)40)31-14-15-32(30-5-3-2-4-29(30)31)39(23-34(36)41)52(44,45)28-12-8-26(9-13-28)50-21-20-48-19-18-47-17-16-37-24-49/h2-15H,16-23H2,1H3,(H2,35,40)(H2,36,41). The molecular formula is C34H37N5O9S4. The number of ether oxygens (including phenoxy) is 3. The van der Waals surface area contributed by atoms with Gasteiger partial charge >= 0.3 is 0 Å². The van der Waals surface area contributed by atoms with E-state index in [4.69, 9.17) is 25.7 Å². The topological polar surface area (TPSA) is 201 Å². The number of carbonyl (C=O) groups excluding carboxylic acids is 2. The molecule has 4 N–H and O–H groups in total. The van der Waals surface area contributed by atoms with Crippen LogP contribution in [0.3, 0.4) is 0 Å². The molecule has 18 heteroatoms. The van der Waals surface area contributed by atoms with Crippen molar-refractivity contribution in [3.63, 3.8) is 0 Å². The summed E-state index contributed by atoms with van der Waals surface area (Å²) in [5.74, 6) is -0.816. The molecule has 0 fully saturated rings. The van der Waals surface area contributed by atoms with E-state index in [1.54, 1.807) is 36.4 Å². The highest BCUT2D eigenvalue weighted by Crippen LogP contribution is 2.38. The molecule has 0 saturated heterocycles. The summed E-state index contributed by atoms with van der Waals surface area (Å²) in [6.45, 7) is 0.726. The van der Waals surface area contributed by atoms with E-state index >= 15 is 0 Å². The van der Waals surface area contributed by atoms with Crippen molar-refractivity contribution in [2.75, 3.05) is 67.5 Å². The number of nitrogens with zero attached hydrogens (tertiary/aromatic N) is 3. The van der Waals surface area contributed by atoms with Gasteiger partial charge in [0.1, 0.15) is 18.8 Å². The van der Waals surface area contributed by atoms with Crippen LogP contribution in [-0.2, 0) is 39.1 Å². The molecule has 0 unspecified atom stereocenters. The summed E-state index contributed by atoms with van der Waals surface area (Å²) in [4.78, 5) is 28.8. The zero-order chi connectivity index (χ0) is 37.7. The summed E-state index contributed by atoms with van der Waals surface area (Å²) in [6, 6.07) is 20.8. The Kier molecular flexibility index (Phi) is 14.5. The van der Waals surface area contributed by atoms with Gasteiger partial charge in [-0.25, -0.2) is 21.8 Å². The molecule has 4 aromatic rings. The summed E-state index contributed by atoms with van der Waals surface area (Å²) < 4.78 is 73.8. The number of amides is 2. The number of fused-ring (bicyclic) bond motifs is 1. The van der Waals surface area contributed by atoms with Gasteiger partial charge in [-0.05, 0) is 72.9 Å². The zero-order valence-electron chi connectivity index (χ0n) is 28.0.